The van der Waals surface area contributed by atoms with Gasteiger partial charge in [0.2, 0.25) is 10.0 Å². The van der Waals surface area contributed by atoms with Gasteiger partial charge in [-0.3, -0.25) is 9.71 Å². The Bertz CT molecular complexity index is 1110. The number of guanidine groups is 1. The number of rotatable bonds is 7. The number of aliphatic imine (C=N–C) groups is 1. The van der Waals surface area contributed by atoms with Crippen LogP contribution in [0.4, 0.5) is 11.4 Å². The predicted octanol–water partition coefficient (Wildman–Crippen LogP) is 3.59. The molecule has 0 radical (unpaired) electrons. The van der Waals surface area contributed by atoms with Crippen molar-refractivity contribution >= 4 is 27.4 Å². The molecule has 3 N–H and O–H groups in total. The molecule has 3 aromatic carbocycles. The van der Waals surface area contributed by atoms with Crippen LogP contribution in [0.15, 0.2) is 83.9 Å². The van der Waals surface area contributed by atoms with Gasteiger partial charge in [-0.15, -0.1) is 0 Å². The normalized spacial score (nSPS) is 13.4. The van der Waals surface area contributed by atoms with Gasteiger partial charge in [-0.2, -0.15) is 0 Å². The monoisotopic (exact) mass is 420 g/mol. The third-order valence-electron chi connectivity index (χ3n) is 4.73. The quantitative estimate of drug-likeness (QED) is 0.546. The molecule has 0 aromatic heterocycles. The molecule has 0 fully saturated rings. The zero-order chi connectivity index (χ0) is 20.8. The molecule has 1 heterocycles. The minimum absolute atomic E-state index is 0.0437. The van der Waals surface area contributed by atoms with E-state index in [-0.39, 0.29) is 5.75 Å². The summed E-state index contributed by atoms with van der Waals surface area (Å²) in [7, 11) is -3.45. The maximum atomic E-state index is 12.4. The Morgan fingerprint density at radius 2 is 1.43 bits per heavy atom. The first-order valence-electron chi connectivity index (χ1n) is 9.83. The highest BCUT2D eigenvalue weighted by molar-refractivity contribution is 7.91. The lowest BCUT2D eigenvalue weighted by Crippen LogP contribution is -2.26. The summed E-state index contributed by atoms with van der Waals surface area (Å²) in [5.74, 6) is 0.769. The van der Waals surface area contributed by atoms with Crippen LogP contribution < -0.4 is 15.4 Å². The van der Waals surface area contributed by atoms with Gasteiger partial charge in [-0.05, 0) is 47.4 Å². The Labute approximate surface area is 177 Å². The van der Waals surface area contributed by atoms with Gasteiger partial charge >= 0.3 is 0 Å². The summed E-state index contributed by atoms with van der Waals surface area (Å²) >= 11 is 0. The second-order valence-corrected chi connectivity index (χ2v) is 8.92. The number of benzene rings is 3. The summed E-state index contributed by atoms with van der Waals surface area (Å²) in [4.78, 5) is 4.32. The van der Waals surface area contributed by atoms with Gasteiger partial charge in [0.1, 0.15) is 0 Å². The zero-order valence-electron chi connectivity index (χ0n) is 16.5. The number of hydrogen-bond acceptors (Lipinski definition) is 5. The number of anilines is 2. The first-order valence-corrected chi connectivity index (χ1v) is 11.5. The summed E-state index contributed by atoms with van der Waals surface area (Å²) in [6.07, 6.45) is 0.774. The van der Waals surface area contributed by atoms with Gasteiger partial charge in [0.15, 0.2) is 5.96 Å². The average Bonchev–Trinajstić information content (AvgIpc) is 3.24. The lowest BCUT2D eigenvalue weighted by Gasteiger charge is -2.10. The standard InChI is InChI=1S/C23H24N4O2S/c28-30(29,17-20-4-2-1-3-5-20)27-22-12-8-19(9-13-22)16-18-6-10-21(11-7-18)26-23-24-14-15-25-23/h1-13,27H,14-17H2,(H2,24,25,26). The lowest BCUT2D eigenvalue weighted by molar-refractivity contribution is 0.600. The summed E-state index contributed by atoms with van der Waals surface area (Å²) < 4.78 is 27.4. The van der Waals surface area contributed by atoms with Crippen LogP contribution in [0.1, 0.15) is 16.7 Å². The number of hydrogen-bond donors (Lipinski definition) is 3. The highest BCUT2D eigenvalue weighted by Gasteiger charge is 2.11. The molecule has 1 aliphatic heterocycles. The number of sulfonamides is 1. The summed E-state index contributed by atoms with van der Waals surface area (Å²) in [5.41, 5.74) is 4.62. The van der Waals surface area contributed by atoms with E-state index in [1.807, 2.05) is 42.5 Å². The van der Waals surface area contributed by atoms with Crippen molar-refractivity contribution in [2.45, 2.75) is 12.2 Å². The van der Waals surface area contributed by atoms with Crippen molar-refractivity contribution in [3.8, 4) is 0 Å². The topological polar surface area (TPSA) is 82.6 Å². The Morgan fingerprint density at radius 3 is 2.03 bits per heavy atom. The Balaban J connectivity index is 1.34. The molecule has 3 aromatic rings. The molecule has 0 atom stereocenters. The Morgan fingerprint density at radius 1 is 0.800 bits per heavy atom. The van der Waals surface area contributed by atoms with Crippen LogP contribution in [0.25, 0.3) is 0 Å². The molecule has 7 heteroatoms. The van der Waals surface area contributed by atoms with Crippen LogP contribution in [0.3, 0.4) is 0 Å². The summed E-state index contributed by atoms with van der Waals surface area (Å²) in [6, 6.07) is 24.9. The first kappa shape index (κ1) is 20.0. The van der Waals surface area contributed by atoms with Crippen LogP contribution in [0, 0.1) is 0 Å². The fraction of sp³-hybridized carbons (Fsp3) is 0.174. The molecule has 1 aliphatic rings. The van der Waals surface area contributed by atoms with Gasteiger partial charge in [0.25, 0.3) is 0 Å². The van der Waals surface area contributed by atoms with Crippen molar-refractivity contribution in [1.29, 1.82) is 0 Å². The molecule has 0 unspecified atom stereocenters. The molecule has 0 saturated carbocycles. The van der Waals surface area contributed by atoms with Crippen molar-refractivity contribution in [3.63, 3.8) is 0 Å². The average molecular weight is 421 g/mol. The number of nitrogens with zero attached hydrogens (tertiary/aromatic N) is 1. The van der Waals surface area contributed by atoms with E-state index in [1.165, 1.54) is 5.56 Å². The first-order chi connectivity index (χ1) is 14.6. The van der Waals surface area contributed by atoms with E-state index >= 15 is 0 Å². The van der Waals surface area contributed by atoms with Crippen molar-refractivity contribution in [2.24, 2.45) is 4.99 Å². The highest BCUT2D eigenvalue weighted by atomic mass is 32.2. The Kier molecular flexibility index (Phi) is 5.99. The van der Waals surface area contributed by atoms with Gasteiger partial charge in [-0.25, -0.2) is 8.42 Å². The molecular formula is C23H24N4O2S. The van der Waals surface area contributed by atoms with Crippen molar-refractivity contribution < 1.29 is 8.42 Å². The molecule has 0 bridgehead atoms. The minimum atomic E-state index is -3.45. The van der Waals surface area contributed by atoms with E-state index in [4.69, 9.17) is 0 Å². The Hall–Kier alpha value is -3.32. The summed E-state index contributed by atoms with van der Waals surface area (Å²) in [5, 5.41) is 6.44. The van der Waals surface area contributed by atoms with Gasteiger partial charge < -0.3 is 10.6 Å². The fourth-order valence-corrected chi connectivity index (χ4v) is 4.46. The second-order valence-electron chi connectivity index (χ2n) is 7.20. The SMILES string of the molecule is O=S(=O)(Cc1ccccc1)Nc1ccc(Cc2ccc(NC3=NCCN3)cc2)cc1. The summed E-state index contributed by atoms with van der Waals surface area (Å²) in [6.45, 7) is 1.68. The maximum Gasteiger partial charge on any atom is 0.236 e. The minimum Gasteiger partial charge on any atom is -0.354 e. The maximum absolute atomic E-state index is 12.4. The lowest BCUT2D eigenvalue weighted by atomic mass is 10.0. The second kappa shape index (κ2) is 9.00. The third-order valence-corrected chi connectivity index (χ3v) is 5.99. The van der Waals surface area contributed by atoms with Crippen molar-refractivity contribution in [2.75, 3.05) is 23.1 Å². The molecule has 154 valence electrons. The van der Waals surface area contributed by atoms with Crippen molar-refractivity contribution in [3.05, 3.63) is 95.6 Å². The van der Waals surface area contributed by atoms with E-state index in [2.05, 4.69) is 32.5 Å². The molecule has 6 nitrogen and oxygen atoms in total. The van der Waals surface area contributed by atoms with E-state index < -0.39 is 10.0 Å². The molecule has 4 rings (SSSR count). The van der Waals surface area contributed by atoms with E-state index in [0.717, 1.165) is 42.3 Å². The molecular weight excluding hydrogens is 396 g/mol. The largest absolute Gasteiger partial charge is 0.354 e. The third kappa shape index (κ3) is 5.61. The molecule has 0 saturated heterocycles. The van der Waals surface area contributed by atoms with Crippen LogP contribution in [-0.4, -0.2) is 27.5 Å². The van der Waals surface area contributed by atoms with Gasteiger partial charge in [0.05, 0.1) is 12.3 Å². The van der Waals surface area contributed by atoms with Crippen LogP contribution in [0.5, 0.6) is 0 Å². The van der Waals surface area contributed by atoms with Gasteiger partial charge in [0, 0.05) is 17.9 Å². The van der Waals surface area contributed by atoms with Crippen molar-refractivity contribution in [1.82, 2.24) is 5.32 Å². The van der Waals surface area contributed by atoms with Crippen LogP contribution in [-0.2, 0) is 22.2 Å². The van der Waals surface area contributed by atoms with Crippen LogP contribution >= 0.6 is 0 Å². The van der Waals surface area contributed by atoms with Crippen LogP contribution in [0.2, 0.25) is 0 Å². The van der Waals surface area contributed by atoms with E-state index in [0.29, 0.717) is 5.69 Å². The van der Waals surface area contributed by atoms with E-state index in [9.17, 15) is 8.42 Å². The molecule has 30 heavy (non-hydrogen) atoms. The fourth-order valence-electron chi connectivity index (χ4n) is 3.26. The van der Waals surface area contributed by atoms with Gasteiger partial charge in [-0.1, -0.05) is 54.6 Å². The number of nitrogens with one attached hydrogen (secondary N) is 3. The zero-order valence-corrected chi connectivity index (χ0v) is 17.3. The highest BCUT2D eigenvalue weighted by Crippen LogP contribution is 2.18. The molecule has 0 aliphatic carbocycles. The molecule has 0 amide bonds. The predicted molar refractivity (Wildman–Crippen MR) is 122 cm³/mol. The molecule has 0 spiro atoms. The van der Waals surface area contributed by atoms with E-state index in [1.54, 1.807) is 24.3 Å². The smallest absolute Gasteiger partial charge is 0.236 e.